The summed E-state index contributed by atoms with van der Waals surface area (Å²) in [5.41, 5.74) is 1.39. The molecular formula is C18H17N3O3S3. The minimum atomic E-state index is -3.76. The first-order valence-electron chi connectivity index (χ1n) is 8.34. The van der Waals surface area contributed by atoms with Crippen LogP contribution in [0.3, 0.4) is 0 Å². The Bertz CT molecular complexity index is 1190. The summed E-state index contributed by atoms with van der Waals surface area (Å²) in [6.45, 7) is 6.05. The second-order valence-electron chi connectivity index (χ2n) is 6.27. The number of carbonyl (C=O) groups is 1. The zero-order chi connectivity index (χ0) is 19.3. The number of fused-ring (bicyclic) bond motifs is 2. The Hall–Kier alpha value is -1.97. The zero-order valence-electron chi connectivity index (χ0n) is 15.0. The van der Waals surface area contributed by atoms with Crippen LogP contribution in [0.15, 0.2) is 34.2 Å². The summed E-state index contributed by atoms with van der Waals surface area (Å²) in [6, 6.07) is 6.33. The lowest BCUT2D eigenvalue weighted by atomic mass is 10.2. The molecule has 9 heteroatoms. The number of hydrogen-bond acceptors (Lipinski definition) is 7. The fourth-order valence-electron chi connectivity index (χ4n) is 3.10. The standard InChI is InChI=1S/C18H17N3O3S3/c1-10-11(2)26-17-15(10)16(19-12(3)20-17)25-9-8-21-18(22)13-6-4-5-7-14(13)27(21,23)24/h4-7H,8-9H2,1-3H3. The summed E-state index contributed by atoms with van der Waals surface area (Å²) in [5.74, 6) is 0.653. The zero-order valence-corrected chi connectivity index (χ0v) is 17.5. The van der Waals surface area contributed by atoms with E-state index < -0.39 is 15.9 Å². The van der Waals surface area contributed by atoms with Gasteiger partial charge in [0, 0.05) is 22.6 Å². The average Bonchev–Trinajstić information content (AvgIpc) is 3.01. The number of carbonyl (C=O) groups excluding carboxylic acids is 1. The van der Waals surface area contributed by atoms with E-state index >= 15 is 0 Å². The van der Waals surface area contributed by atoms with Crippen LogP contribution < -0.4 is 0 Å². The van der Waals surface area contributed by atoms with E-state index in [2.05, 4.69) is 16.9 Å². The number of amides is 1. The van der Waals surface area contributed by atoms with Gasteiger partial charge in [0.25, 0.3) is 15.9 Å². The smallest absolute Gasteiger partial charge is 0.268 e. The summed E-state index contributed by atoms with van der Waals surface area (Å²) in [4.78, 5) is 23.8. The highest BCUT2D eigenvalue weighted by atomic mass is 32.2. The number of thioether (sulfide) groups is 1. The van der Waals surface area contributed by atoms with Gasteiger partial charge in [-0.1, -0.05) is 12.1 Å². The summed E-state index contributed by atoms with van der Waals surface area (Å²) in [7, 11) is -3.76. The third kappa shape index (κ3) is 2.94. The van der Waals surface area contributed by atoms with Gasteiger partial charge in [-0.25, -0.2) is 22.7 Å². The van der Waals surface area contributed by atoms with Crippen molar-refractivity contribution >= 4 is 49.2 Å². The first-order valence-corrected chi connectivity index (χ1v) is 11.6. The molecule has 0 bridgehead atoms. The van der Waals surface area contributed by atoms with E-state index in [1.165, 1.54) is 22.7 Å². The summed E-state index contributed by atoms with van der Waals surface area (Å²) in [6.07, 6.45) is 0. The number of benzene rings is 1. The van der Waals surface area contributed by atoms with Crippen LogP contribution in [0.5, 0.6) is 0 Å². The van der Waals surface area contributed by atoms with Crippen LogP contribution in [-0.4, -0.2) is 40.9 Å². The molecule has 27 heavy (non-hydrogen) atoms. The molecule has 1 aliphatic heterocycles. The highest BCUT2D eigenvalue weighted by molar-refractivity contribution is 7.99. The highest BCUT2D eigenvalue weighted by Gasteiger charge is 2.40. The van der Waals surface area contributed by atoms with Gasteiger partial charge in [0.05, 0.1) is 5.56 Å². The SMILES string of the molecule is Cc1nc(SCCN2C(=O)c3ccccc3S2(=O)=O)c2c(C)c(C)sc2n1. The lowest BCUT2D eigenvalue weighted by Crippen LogP contribution is -2.32. The van der Waals surface area contributed by atoms with Crippen molar-refractivity contribution in [3.63, 3.8) is 0 Å². The van der Waals surface area contributed by atoms with Crippen LogP contribution in [-0.2, 0) is 10.0 Å². The van der Waals surface area contributed by atoms with E-state index in [0.29, 0.717) is 11.6 Å². The normalized spacial score (nSPS) is 15.5. The molecule has 0 radical (unpaired) electrons. The van der Waals surface area contributed by atoms with Gasteiger partial charge in [-0.05, 0) is 38.5 Å². The Labute approximate surface area is 165 Å². The van der Waals surface area contributed by atoms with Crippen LogP contribution in [0.1, 0.15) is 26.6 Å². The van der Waals surface area contributed by atoms with Gasteiger partial charge in [-0.2, -0.15) is 0 Å². The van der Waals surface area contributed by atoms with Gasteiger partial charge in [0.15, 0.2) is 0 Å². The first-order chi connectivity index (χ1) is 12.8. The second kappa shape index (κ2) is 6.57. The molecule has 0 N–H and O–H groups in total. The topological polar surface area (TPSA) is 80.2 Å². The lowest BCUT2D eigenvalue weighted by Gasteiger charge is -2.14. The number of rotatable bonds is 4. The molecular weight excluding hydrogens is 402 g/mol. The fraction of sp³-hybridized carbons (Fsp3) is 0.278. The van der Waals surface area contributed by atoms with Crippen molar-refractivity contribution < 1.29 is 13.2 Å². The van der Waals surface area contributed by atoms with Crippen molar-refractivity contribution in [2.24, 2.45) is 0 Å². The van der Waals surface area contributed by atoms with E-state index in [-0.39, 0.29) is 17.0 Å². The molecule has 0 spiro atoms. The molecule has 0 aliphatic carbocycles. The summed E-state index contributed by atoms with van der Waals surface area (Å²) < 4.78 is 26.2. The molecule has 140 valence electrons. The highest BCUT2D eigenvalue weighted by Crippen LogP contribution is 2.36. The Morgan fingerprint density at radius 3 is 2.63 bits per heavy atom. The number of nitrogens with zero attached hydrogens (tertiary/aromatic N) is 3. The van der Waals surface area contributed by atoms with Gasteiger partial charge in [-0.3, -0.25) is 4.79 Å². The van der Waals surface area contributed by atoms with Crippen LogP contribution in [0, 0.1) is 20.8 Å². The Morgan fingerprint density at radius 1 is 1.15 bits per heavy atom. The number of hydrogen-bond donors (Lipinski definition) is 0. The minimum absolute atomic E-state index is 0.0876. The van der Waals surface area contributed by atoms with Crippen molar-refractivity contribution in [1.82, 2.24) is 14.3 Å². The van der Waals surface area contributed by atoms with Gasteiger partial charge in [0.2, 0.25) is 0 Å². The Morgan fingerprint density at radius 2 is 1.89 bits per heavy atom. The molecule has 3 aromatic rings. The number of aryl methyl sites for hydroxylation is 3. The molecule has 0 unspecified atom stereocenters. The third-order valence-corrected chi connectivity index (χ3v) is 8.45. The Balaban J connectivity index is 1.58. The predicted molar refractivity (Wildman–Crippen MR) is 107 cm³/mol. The monoisotopic (exact) mass is 419 g/mol. The molecule has 3 heterocycles. The van der Waals surface area contributed by atoms with Crippen LogP contribution in [0.25, 0.3) is 10.2 Å². The van der Waals surface area contributed by atoms with Crippen molar-refractivity contribution in [2.75, 3.05) is 12.3 Å². The lowest BCUT2D eigenvalue weighted by molar-refractivity contribution is 0.0876. The molecule has 2 aromatic heterocycles. The molecule has 1 aliphatic rings. The molecule has 1 amide bonds. The largest absolute Gasteiger partial charge is 0.269 e. The molecule has 0 fully saturated rings. The van der Waals surface area contributed by atoms with Crippen LogP contribution in [0.2, 0.25) is 0 Å². The van der Waals surface area contributed by atoms with Crippen molar-refractivity contribution in [3.8, 4) is 0 Å². The first kappa shape index (κ1) is 18.4. The Kier molecular flexibility index (Phi) is 4.48. The van der Waals surface area contributed by atoms with Gasteiger partial charge < -0.3 is 0 Å². The summed E-state index contributed by atoms with van der Waals surface area (Å²) >= 11 is 3.09. The average molecular weight is 420 g/mol. The fourth-order valence-corrected chi connectivity index (χ4v) is 6.98. The molecule has 4 rings (SSSR count). The van der Waals surface area contributed by atoms with E-state index in [1.54, 1.807) is 29.5 Å². The van der Waals surface area contributed by atoms with Crippen LogP contribution in [0.4, 0.5) is 0 Å². The van der Waals surface area contributed by atoms with Crippen molar-refractivity contribution in [2.45, 2.75) is 30.7 Å². The molecule has 1 aromatic carbocycles. The van der Waals surface area contributed by atoms with E-state index in [0.717, 1.165) is 25.1 Å². The number of aromatic nitrogens is 2. The van der Waals surface area contributed by atoms with Gasteiger partial charge in [0.1, 0.15) is 20.6 Å². The molecule has 6 nitrogen and oxygen atoms in total. The second-order valence-corrected chi connectivity index (χ2v) is 10.4. The maximum atomic E-state index is 12.6. The van der Waals surface area contributed by atoms with Crippen molar-refractivity contribution in [1.29, 1.82) is 0 Å². The molecule has 0 saturated carbocycles. The number of thiophene rings is 1. The van der Waals surface area contributed by atoms with Crippen LogP contribution >= 0.6 is 23.1 Å². The van der Waals surface area contributed by atoms with Gasteiger partial charge in [-0.15, -0.1) is 23.1 Å². The minimum Gasteiger partial charge on any atom is -0.268 e. The van der Waals surface area contributed by atoms with E-state index in [4.69, 9.17) is 0 Å². The predicted octanol–water partition coefficient (Wildman–Crippen LogP) is 3.55. The maximum absolute atomic E-state index is 12.6. The third-order valence-electron chi connectivity index (χ3n) is 4.55. The molecule has 0 saturated heterocycles. The van der Waals surface area contributed by atoms with Gasteiger partial charge >= 0.3 is 0 Å². The molecule has 0 atom stereocenters. The van der Waals surface area contributed by atoms with E-state index in [9.17, 15) is 13.2 Å². The van der Waals surface area contributed by atoms with Crippen molar-refractivity contribution in [3.05, 3.63) is 46.1 Å². The summed E-state index contributed by atoms with van der Waals surface area (Å²) in [5, 5.41) is 1.85. The van der Waals surface area contributed by atoms with E-state index in [1.807, 2.05) is 13.8 Å². The maximum Gasteiger partial charge on any atom is 0.269 e. The quantitative estimate of drug-likeness (QED) is 0.475. The number of sulfonamides is 1.